The summed E-state index contributed by atoms with van der Waals surface area (Å²) < 4.78 is 1.15. The molecule has 0 aliphatic carbocycles. The Morgan fingerprint density at radius 1 is 1.46 bits per heavy atom. The van der Waals surface area contributed by atoms with Crippen molar-refractivity contribution in [1.82, 2.24) is 19.9 Å². The van der Waals surface area contributed by atoms with Gasteiger partial charge < -0.3 is 15.4 Å². The summed E-state index contributed by atoms with van der Waals surface area (Å²) >= 11 is 1.65. The second-order valence-electron chi connectivity index (χ2n) is 5.60. The van der Waals surface area contributed by atoms with Crippen molar-refractivity contribution < 1.29 is 9.90 Å². The van der Waals surface area contributed by atoms with Crippen LogP contribution >= 0.6 is 11.8 Å². The van der Waals surface area contributed by atoms with Gasteiger partial charge in [-0.2, -0.15) is 11.8 Å². The summed E-state index contributed by atoms with van der Waals surface area (Å²) in [5.41, 5.74) is 0.782. The number of carbonyl (C=O) groups is 1. The van der Waals surface area contributed by atoms with Crippen molar-refractivity contribution >= 4 is 23.3 Å². The first-order chi connectivity index (χ1) is 11.5. The molecule has 0 bridgehead atoms. The van der Waals surface area contributed by atoms with Gasteiger partial charge in [-0.25, -0.2) is 4.52 Å². The number of thioether (sulfide) groups is 1. The zero-order chi connectivity index (χ0) is 17.7. The molecule has 2 aromatic heterocycles. The summed E-state index contributed by atoms with van der Waals surface area (Å²) in [6.45, 7) is 1.63. The largest absolute Gasteiger partial charge is 0.394 e. The van der Waals surface area contributed by atoms with Crippen LogP contribution in [0.3, 0.4) is 0 Å². The van der Waals surface area contributed by atoms with Crippen molar-refractivity contribution in [3.05, 3.63) is 38.0 Å². The topological polar surface area (TPSA) is 119 Å². The van der Waals surface area contributed by atoms with Gasteiger partial charge in [0.2, 0.25) is 5.91 Å². The third-order valence-electron chi connectivity index (χ3n) is 3.82. The van der Waals surface area contributed by atoms with E-state index >= 15 is 0 Å². The first-order valence-corrected chi connectivity index (χ1v) is 9.08. The Bertz CT molecular complexity index is 823. The summed E-state index contributed by atoms with van der Waals surface area (Å²) in [6, 6.07) is 1.04. The highest BCUT2D eigenvalue weighted by atomic mass is 32.2. The Labute approximate surface area is 142 Å². The molecule has 0 aliphatic heterocycles. The maximum absolute atomic E-state index is 12.4. The van der Waals surface area contributed by atoms with Gasteiger partial charge in [-0.1, -0.05) is 0 Å². The second-order valence-corrected chi connectivity index (χ2v) is 6.59. The van der Waals surface area contributed by atoms with Gasteiger partial charge in [0, 0.05) is 23.7 Å². The minimum absolute atomic E-state index is 0.109. The molecule has 0 aromatic carbocycles. The van der Waals surface area contributed by atoms with Crippen molar-refractivity contribution in [2.75, 3.05) is 18.6 Å². The van der Waals surface area contributed by atoms with Crippen molar-refractivity contribution in [1.29, 1.82) is 0 Å². The quantitative estimate of drug-likeness (QED) is 0.523. The van der Waals surface area contributed by atoms with Gasteiger partial charge in [-0.3, -0.25) is 19.5 Å². The van der Waals surface area contributed by atoms with Crippen LogP contribution in [0, 0.1) is 6.92 Å². The summed E-state index contributed by atoms with van der Waals surface area (Å²) in [4.78, 5) is 38.8. The predicted molar refractivity (Wildman–Crippen MR) is 93.7 cm³/mol. The number of fused-ring (bicyclic) bond motifs is 1. The van der Waals surface area contributed by atoms with Crippen LogP contribution in [0.1, 0.15) is 24.1 Å². The molecule has 24 heavy (non-hydrogen) atoms. The molecule has 0 aliphatic rings. The van der Waals surface area contributed by atoms with Gasteiger partial charge in [0.25, 0.3) is 11.1 Å². The zero-order valence-corrected chi connectivity index (χ0v) is 14.5. The SMILES string of the molecule is CSCC[C@H](CO)NC(=O)CCc1c(C)[nH]c2cc(=O)[nH]n2c1=O. The van der Waals surface area contributed by atoms with E-state index in [1.165, 1.54) is 6.07 Å². The molecule has 8 nitrogen and oxygen atoms in total. The van der Waals surface area contributed by atoms with E-state index in [0.29, 0.717) is 23.3 Å². The zero-order valence-electron chi connectivity index (χ0n) is 13.7. The lowest BCUT2D eigenvalue weighted by Crippen LogP contribution is -2.38. The lowest BCUT2D eigenvalue weighted by Gasteiger charge is -2.15. The van der Waals surface area contributed by atoms with Crippen molar-refractivity contribution in [3.63, 3.8) is 0 Å². The molecule has 0 radical (unpaired) electrons. The third kappa shape index (κ3) is 4.30. The molecule has 1 atom stereocenters. The molecule has 9 heteroatoms. The molecule has 4 N–H and O–H groups in total. The standard InChI is InChI=1S/C15H22N4O4S/c1-9-11(15(23)19-12(16-9)7-14(22)18-19)3-4-13(21)17-10(8-20)5-6-24-2/h7,10,16,20H,3-6,8H2,1-2H3,(H,17,21)(H,18,22)/t10-/m1/s1. The first-order valence-electron chi connectivity index (χ1n) is 7.69. The number of aromatic nitrogens is 3. The van der Waals surface area contributed by atoms with E-state index in [9.17, 15) is 19.5 Å². The third-order valence-corrected chi connectivity index (χ3v) is 4.46. The molecule has 132 valence electrons. The number of nitrogens with one attached hydrogen (secondary N) is 3. The summed E-state index contributed by atoms with van der Waals surface area (Å²) in [5.74, 6) is 0.636. The number of aromatic amines is 2. The maximum atomic E-state index is 12.4. The van der Waals surface area contributed by atoms with Gasteiger partial charge in [-0.15, -0.1) is 0 Å². The molecule has 0 saturated heterocycles. The van der Waals surface area contributed by atoms with Gasteiger partial charge in [-0.05, 0) is 31.8 Å². The van der Waals surface area contributed by atoms with E-state index < -0.39 is 0 Å². The van der Waals surface area contributed by atoms with Crippen molar-refractivity contribution in [3.8, 4) is 0 Å². The number of hydrogen-bond acceptors (Lipinski definition) is 5. The number of aliphatic hydroxyl groups excluding tert-OH is 1. The van der Waals surface area contributed by atoms with Crippen LogP contribution in [0.4, 0.5) is 0 Å². The summed E-state index contributed by atoms with van der Waals surface area (Å²) in [6.07, 6.45) is 3.05. The van der Waals surface area contributed by atoms with E-state index in [0.717, 1.165) is 10.3 Å². The van der Waals surface area contributed by atoms with Crippen LogP contribution in [0.25, 0.3) is 5.65 Å². The van der Waals surface area contributed by atoms with Crippen LogP contribution in [0.2, 0.25) is 0 Å². The normalized spacial score (nSPS) is 12.5. The number of H-pyrrole nitrogens is 2. The minimum atomic E-state index is -0.364. The molecular weight excluding hydrogens is 332 g/mol. The fraction of sp³-hybridized carbons (Fsp3) is 0.533. The fourth-order valence-corrected chi connectivity index (χ4v) is 3.03. The van der Waals surface area contributed by atoms with Crippen LogP contribution in [0.5, 0.6) is 0 Å². The lowest BCUT2D eigenvalue weighted by atomic mass is 10.1. The second kappa shape index (κ2) is 8.20. The van der Waals surface area contributed by atoms with Gasteiger partial charge in [0.1, 0.15) is 5.65 Å². The van der Waals surface area contributed by atoms with E-state index in [-0.39, 0.29) is 42.5 Å². The highest BCUT2D eigenvalue weighted by Crippen LogP contribution is 2.06. The van der Waals surface area contributed by atoms with Crippen LogP contribution in [-0.4, -0.2) is 50.3 Å². The Morgan fingerprint density at radius 2 is 2.21 bits per heavy atom. The van der Waals surface area contributed by atoms with E-state index in [1.54, 1.807) is 18.7 Å². The van der Waals surface area contributed by atoms with Crippen molar-refractivity contribution in [2.24, 2.45) is 0 Å². The number of aryl methyl sites for hydroxylation is 1. The van der Waals surface area contributed by atoms with Crippen LogP contribution in [0.15, 0.2) is 15.7 Å². The van der Waals surface area contributed by atoms with E-state index in [4.69, 9.17) is 0 Å². The monoisotopic (exact) mass is 354 g/mol. The molecular formula is C15H22N4O4S. The number of aliphatic hydroxyl groups is 1. The smallest absolute Gasteiger partial charge is 0.276 e. The van der Waals surface area contributed by atoms with Gasteiger partial charge in [0.05, 0.1) is 12.6 Å². The van der Waals surface area contributed by atoms with Crippen LogP contribution < -0.4 is 16.4 Å². The Kier molecular flexibility index (Phi) is 6.27. The lowest BCUT2D eigenvalue weighted by molar-refractivity contribution is -0.122. The number of rotatable bonds is 8. The van der Waals surface area contributed by atoms with Gasteiger partial charge >= 0.3 is 0 Å². The fourth-order valence-electron chi connectivity index (χ4n) is 2.51. The number of amides is 1. The summed E-state index contributed by atoms with van der Waals surface area (Å²) in [7, 11) is 0. The Hall–Kier alpha value is -2.00. The van der Waals surface area contributed by atoms with E-state index in [2.05, 4.69) is 15.4 Å². The average Bonchev–Trinajstić information content (AvgIpc) is 2.91. The maximum Gasteiger partial charge on any atom is 0.276 e. The van der Waals surface area contributed by atoms with Crippen molar-refractivity contribution in [2.45, 2.75) is 32.2 Å². The highest BCUT2D eigenvalue weighted by Gasteiger charge is 2.14. The molecule has 2 aromatic rings. The molecule has 2 rings (SSSR count). The molecule has 1 amide bonds. The minimum Gasteiger partial charge on any atom is -0.394 e. The number of hydrogen-bond donors (Lipinski definition) is 4. The number of nitrogens with zero attached hydrogens (tertiary/aromatic N) is 1. The van der Waals surface area contributed by atoms with E-state index in [1.807, 2.05) is 6.26 Å². The molecule has 0 saturated carbocycles. The van der Waals surface area contributed by atoms with Gasteiger partial charge in [0.15, 0.2) is 0 Å². The first kappa shape index (κ1) is 18.3. The molecule has 0 fully saturated rings. The predicted octanol–water partition coefficient (Wildman–Crippen LogP) is -0.213. The summed E-state index contributed by atoms with van der Waals surface area (Å²) in [5, 5.41) is 14.5. The molecule has 0 unspecified atom stereocenters. The van der Waals surface area contributed by atoms with Crippen LogP contribution in [-0.2, 0) is 11.2 Å². The molecule has 2 heterocycles. The highest BCUT2D eigenvalue weighted by molar-refractivity contribution is 7.98. The number of carbonyl (C=O) groups excluding carboxylic acids is 1. The Morgan fingerprint density at radius 3 is 2.88 bits per heavy atom. The molecule has 0 spiro atoms. The Balaban J connectivity index is 2.06. The average molecular weight is 354 g/mol.